The van der Waals surface area contributed by atoms with Gasteiger partial charge in [0.1, 0.15) is 0 Å². The normalized spacial score (nSPS) is 22.1. The Morgan fingerprint density at radius 3 is 2.56 bits per heavy atom. The predicted molar refractivity (Wildman–Crippen MR) is 93.2 cm³/mol. The molecule has 1 aromatic heterocycles. The molecule has 1 N–H and O–H groups in total. The zero-order valence-corrected chi connectivity index (χ0v) is 14.3. The Balaban J connectivity index is 1.46. The highest BCUT2D eigenvalue weighted by Crippen LogP contribution is 2.27. The van der Waals surface area contributed by atoms with Gasteiger partial charge >= 0.3 is 5.69 Å². The van der Waals surface area contributed by atoms with Gasteiger partial charge in [0.25, 0.3) is 0 Å². The minimum Gasteiger partial charge on any atom is -0.345 e. The Kier molecular flexibility index (Phi) is 3.86. The van der Waals surface area contributed by atoms with Gasteiger partial charge in [-0.1, -0.05) is 12.1 Å². The van der Waals surface area contributed by atoms with Gasteiger partial charge in [0, 0.05) is 39.1 Å². The maximum absolute atomic E-state index is 12.6. The Morgan fingerprint density at radius 1 is 1.16 bits per heavy atom. The molecule has 4 rings (SSSR count). The first-order valence-corrected chi connectivity index (χ1v) is 8.76. The maximum atomic E-state index is 12.6. The Hall–Kier alpha value is -2.57. The molecule has 0 radical (unpaired) electrons. The van der Waals surface area contributed by atoms with Gasteiger partial charge in [-0.25, -0.2) is 4.79 Å². The first-order valence-electron chi connectivity index (χ1n) is 8.76. The monoisotopic (exact) mass is 342 g/mol. The third kappa shape index (κ3) is 2.73. The van der Waals surface area contributed by atoms with Gasteiger partial charge in [-0.05, 0) is 25.0 Å². The number of nitrogens with zero attached hydrogens (tertiary/aromatic N) is 3. The molecule has 7 heteroatoms. The molecule has 2 fully saturated rings. The van der Waals surface area contributed by atoms with Crippen LogP contribution in [0.1, 0.15) is 25.3 Å². The summed E-state index contributed by atoms with van der Waals surface area (Å²) in [6.07, 6.45) is 1.82. The second-order valence-corrected chi connectivity index (χ2v) is 7.05. The summed E-state index contributed by atoms with van der Waals surface area (Å²) >= 11 is 0. The summed E-state index contributed by atoms with van der Waals surface area (Å²) in [4.78, 5) is 43.0. The van der Waals surface area contributed by atoms with E-state index in [1.165, 1.54) is 0 Å². The van der Waals surface area contributed by atoms with Crippen LogP contribution in [0.25, 0.3) is 11.0 Å². The number of carbonyl (C=O) groups excluding carboxylic acids is 2. The molecule has 1 unspecified atom stereocenters. The van der Waals surface area contributed by atoms with Crippen molar-refractivity contribution in [3.05, 3.63) is 34.7 Å². The highest BCUT2D eigenvalue weighted by molar-refractivity contribution is 5.89. The molecule has 0 spiro atoms. The number of rotatable bonds is 2. The van der Waals surface area contributed by atoms with Crippen LogP contribution in [0.2, 0.25) is 0 Å². The molecule has 3 heterocycles. The van der Waals surface area contributed by atoms with E-state index in [9.17, 15) is 14.4 Å². The van der Waals surface area contributed by atoms with E-state index in [0.717, 1.165) is 23.9 Å². The van der Waals surface area contributed by atoms with Crippen molar-refractivity contribution in [2.45, 2.75) is 25.3 Å². The molecule has 25 heavy (non-hydrogen) atoms. The summed E-state index contributed by atoms with van der Waals surface area (Å²) in [6, 6.07) is 7.78. The number of H-pyrrole nitrogens is 1. The first-order chi connectivity index (χ1) is 12.0. The van der Waals surface area contributed by atoms with E-state index in [-0.39, 0.29) is 29.5 Å². The van der Waals surface area contributed by atoms with Crippen LogP contribution in [-0.4, -0.2) is 57.8 Å². The molecule has 132 valence electrons. The van der Waals surface area contributed by atoms with Crippen LogP contribution in [0.4, 0.5) is 0 Å². The van der Waals surface area contributed by atoms with Crippen molar-refractivity contribution in [3.63, 3.8) is 0 Å². The second kappa shape index (κ2) is 6.06. The fraction of sp³-hybridized carbons (Fsp3) is 0.500. The van der Waals surface area contributed by atoms with E-state index >= 15 is 0 Å². The molecule has 7 nitrogen and oxygen atoms in total. The van der Waals surface area contributed by atoms with E-state index in [4.69, 9.17) is 0 Å². The lowest BCUT2D eigenvalue weighted by atomic mass is 10.0. The van der Waals surface area contributed by atoms with Gasteiger partial charge < -0.3 is 14.8 Å². The molecule has 2 aromatic rings. The third-order valence-electron chi connectivity index (χ3n) is 5.46. The van der Waals surface area contributed by atoms with Crippen LogP contribution in [-0.2, 0) is 9.59 Å². The third-order valence-corrected chi connectivity index (χ3v) is 5.46. The van der Waals surface area contributed by atoms with Crippen LogP contribution in [0, 0.1) is 5.92 Å². The highest BCUT2D eigenvalue weighted by Gasteiger charge is 2.36. The van der Waals surface area contributed by atoms with Crippen LogP contribution in [0.3, 0.4) is 0 Å². The molecular weight excluding hydrogens is 320 g/mol. The highest BCUT2D eigenvalue weighted by atomic mass is 16.2. The number of amides is 2. The summed E-state index contributed by atoms with van der Waals surface area (Å²) < 4.78 is 1.82. The Labute approximate surface area is 145 Å². The van der Waals surface area contributed by atoms with Gasteiger partial charge in [0.05, 0.1) is 17.0 Å². The number of para-hydroxylation sites is 2. The van der Waals surface area contributed by atoms with Gasteiger partial charge in [-0.3, -0.25) is 14.2 Å². The number of aromatic nitrogens is 2. The lowest BCUT2D eigenvalue weighted by Crippen LogP contribution is -2.43. The summed E-state index contributed by atoms with van der Waals surface area (Å²) in [6.45, 7) is 1.77. The lowest BCUT2D eigenvalue weighted by molar-refractivity contribution is -0.137. The van der Waals surface area contributed by atoms with E-state index in [1.54, 1.807) is 11.9 Å². The molecule has 0 bridgehead atoms. The predicted octanol–water partition coefficient (Wildman–Crippen LogP) is 0.971. The molecular formula is C18H22N4O3. The van der Waals surface area contributed by atoms with Crippen LogP contribution in [0.15, 0.2) is 29.1 Å². The minimum atomic E-state index is -0.218. The number of hydrogen-bond acceptors (Lipinski definition) is 3. The first kappa shape index (κ1) is 15.9. The summed E-state index contributed by atoms with van der Waals surface area (Å²) in [5.74, 6) is -0.106. The molecule has 1 aromatic carbocycles. The van der Waals surface area contributed by atoms with Gasteiger partial charge in [-0.2, -0.15) is 0 Å². The van der Waals surface area contributed by atoms with Crippen LogP contribution in [0.5, 0.6) is 0 Å². The smallest absolute Gasteiger partial charge is 0.326 e. The lowest BCUT2D eigenvalue weighted by Gasteiger charge is -2.33. The minimum absolute atomic E-state index is 0.0404. The number of nitrogens with one attached hydrogen (secondary N) is 1. The Bertz CT molecular complexity index is 876. The fourth-order valence-electron chi connectivity index (χ4n) is 4.07. The maximum Gasteiger partial charge on any atom is 0.326 e. The largest absolute Gasteiger partial charge is 0.345 e. The molecule has 2 aliphatic heterocycles. The van der Waals surface area contributed by atoms with Crippen molar-refractivity contribution in [2.75, 3.05) is 26.7 Å². The van der Waals surface area contributed by atoms with Crippen LogP contribution >= 0.6 is 0 Å². The average molecular weight is 342 g/mol. The number of aromatic amines is 1. The fourth-order valence-corrected chi connectivity index (χ4v) is 4.07. The van der Waals surface area contributed by atoms with Crippen molar-refractivity contribution in [2.24, 2.45) is 5.92 Å². The number of likely N-dealkylation sites (tertiary alicyclic amines) is 2. The molecule has 2 saturated heterocycles. The summed E-state index contributed by atoms with van der Waals surface area (Å²) in [5.41, 5.74) is 1.67. The van der Waals surface area contributed by atoms with E-state index in [1.807, 2.05) is 33.7 Å². The quantitative estimate of drug-likeness (QED) is 0.883. The van der Waals surface area contributed by atoms with Crippen molar-refractivity contribution in [1.29, 1.82) is 0 Å². The number of imidazole rings is 1. The SMILES string of the molecule is CN1CC(C(=O)N2CCC(n3c(=O)[nH]c4ccccc43)CC2)CC1=O. The van der Waals surface area contributed by atoms with E-state index in [2.05, 4.69) is 4.98 Å². The molecule has 2 aliphatic rings. The number of benzene rings is 1. The van der Waals surface area contributed by atoms with Gasteiger partial charge in [0.15, 0.2) is 0 Å². The van der Waals surface area contributed by atoms with Crippen molar-refractivity contribution in [1.82, 2.24) is 19.4 Å². The molecule has 2 amide bonds. The number of hydrogen-bond donors (Lipinski definition) is 1. The van der Waals surface area contributed by atoms with Crippen molar-refractivity contribution >= 4 is 22.8 Å². The summed E-state index contributed by atoms with van der Waals surface area (Å²) in [5, 5.41) is 0. The van der Waals surface area contributed by atoms with E-state index < -0.39 is 0 Å². The Morgan fingerprint density at radius 2 is 1.88 bits per heavy atom. The van der Waals surface area contributed by atoms with Gasteiger partial charge in [-0.15, -0.1) is 0 Å². The topological polar surface area (TPSA) is 78.4 Å². The summed E-state index contributed by atoms with van der Waals surface area (Å²) in [7, 11) is 1.74. The zero-order valence-electron chi connectivity index (χ0n) is 14.3. The van der Waals surface area contributed by atoms with Crippen molar-refractivity contribution in [3.8, 4) is 0 Å². The average Bonchev–Trinajstić information content (AvgIpc) is 3.13. The van der Waals surface area contributed by atoms with Crippen LogP contribution < -0.4 is 5.69 Å². The zero-order chi connectivity index (χ0) is 17.6. The molecule has 0 aliphatic carbocycles. The molecule has 0 saturated carbocycles. The molecule has 1 atom stereocenters. The number of carbonyl (C=O) groups is 2. The number of fused-ring (bicyclic) bond motifs is 1. The number of piperidine rings is 1. The second-order valence-electron chi connectivity index (χ2n) is 7.05. The standard InChI is InChI=1S/C18H22N4O3/c1-20-11-12(10-16(20)23)17(24)21-8-6-13(7-9-21)22-15-5-3-2-4-14(15)19-18(22)25/h2-5,12-13H,6-11H2,1H3,(H,19,25). The van der Waals surface area contributed by atoms with Crippen molar-refractivity contribution < 1.29 is 9.59 Å². The van der Waals surface area contributed by atoms with Gasteiger partial charge in [0.2, 0.25) is 11.8 Å². The van der Waals surface area contributed by atoms with E-state index in [0.29, 0.717) is 26.1 Å².